The summed E-state index contributed by atoms with van der Waals surface area (Å²) in [4.78, 5) is 10.4. The van der Waals surface area contributed by atoms with Gasteiger partial charge in [-0.2, -0.15) is 0 Å². The van der Waals surface area contributed by atoms with Crippen LogP contribution in [-0.2, 0) is 9.39 Å². The molecule has 0 aromatic heterocycles. The fourth-order valence-electron chi connectivity index (χ4n) is 1.66. The van der Waals surface area contributed by atoms with Gasteiger partial charge in [0.05, 0.1) is 0 Å². The number of hydrogen-bond acceptors (Lipinski definition) is 5. The van der Waals surface area contributed by atoms with Gasteiger partial charge in [-0.05, 0) is 23.2 Å². The Bertz CT molecular complexity index is 424. The third kappa shape index (κ3) is 1.95. The van der Waals surface area contributed by atoms with E-state index in [9.17, 15) is 14.9 Å². The second-order valence-electron chi connectivity index (χ2n) is 3.42. The molecule has 4 N–H and O–H groups in total. The Hall–Kier alpha value is -1.73. The average molecular weight is 223 g/mol. The van der Waals surface area contributed by atoms with Crippen LogP contribution in [0, 0.1) is 0 Å². The molecule has 1 aliphatic heterocycles. The van der Waals surface area contributed by atoms with Crippen molar-refractivity contribution in [3.05, 3.63) is 23.8 Å². The Kier molecular flexibility index (Phi) is 2.72. The van der Waals surface area contributed by atoms with E-state index >= 15 is 0 Å². The highest BCUT2D eigenvalue weighted by Gasteiger charge is 2.35. The molecule has 2 rings (SSSR count). The van der Waals surface area contributed by atoms with Crippen LogP contribution in [0.2, 0.25) is 0 Å². The van der Waals surface area contributed by atoms with Crippen LogP contribution in [0.15, 0.2) is 18.2 Å². The lowest BCUT2D eigenvalue weighted by molar-refractivity contribution is 0.0840. The summed E-state index contributed by atoms with van der Waals surface area (Å²) in [5, 5.41) is 18.8. The number of rotatable bonds is 2. The molecule has 1 aliphatic rings. The van der Waals surface area contributed by atoms with Gasteiger partial charge in [-0.15, -0.1) is 0 Å². The predicted octanol–water partition coefficient (Wildman–Crippen LogP) is -0.754. The molecule has 0 fully saturated rings. The molecule has 0 spiro atoms. The van der Waals surface area contributed by atoms with Gasteiger partial charge >= 0.3 is 13.2 Å². The first-order chi connectivity index (χ1) is 7.58. The van der Waals surface area contributed by atoms with Gasteiger partial charge in [-0.3, -0.25) is 0 Å². The molecular weight excluding hydrogens is 213 g/mol. The van der Waals surface area contributed by atoms with Gasteiger partial charge in [0.25, 0.3) is 0 Å². The van der Waals surface area contributed by atoms with Gasteiger partial charge in [-0.25, -0.2) is 4.79 Å². The molecule has 0 radical (unpaired) electrons. The van der Waals surface area contributed by atoms with Gasteiger partial charge in [-0.1, -0.05) is 6.07 Å². The van der Waals surface area contributed by atoms with E-state index in [-0.39, 0.29) is 12.4 Å². The summed E-state index contributed by atoms with van der Waals surface area (Å²) in [6, 6.07) is 4.48. The number of nitrogens with two attached hydrogens (primary N) is 1. The van der Waals surface area contributed by atoms with Crippen LogP contribution in [0.5, 0.6) is 5.75 Å². The molecule has 0 bridgehead atoms. The molecule has 1 atom stereocenters. The molecule has 7 heteroatoms. The van der Waals surface area contributed by atoms with Gasteiger partial charge in [0.15, 0.2) is 0 Å². The van der Waals surface area contributed by atoms with Crippen LogP contribution in [0.4, 0.5) is 4.79 Å². The SMILES string of the molecule is NC(=O)OCC1OB(O)c2cc(O)ccc21. The molecule has 1 aromatic carbocycles. The zero-order valence-electron chi connectivity index (χ0n) is 8.29. The van der Waals surface area contributed by atoms with Crippen molar-refractivity contribution in [2.45, 2.75) is 6.10 Å². The van der Waals surface area contributed by atoms with E-state index in [0.717, 1.165) is 0 Å². The van der Waals surface area contributed by atoms with Gasteiger partial charge < -0.3 is 25.3 Å². The molecule has 6 nitrogen and oxygen atoms in total. The molecule has 1 heterocycles. The van der Waals surface area contributed by atoms with Crippen molar-refractivity contribution < 1.29 is 24.3 Å². The molecular formula is C9H10BNO5. The Morgan fingerprint density at radius 1 is 1.62 bits per heavy atom. The van der Waals surface area contributed by atoms with Crippen LogP contribution in [0.25, 0.3) is 0 Å². The Labute approximate surface area is 91.7 Å². The van der Waals surface area contributed by atoms with Crippen LogP contribution in [0.1, 0.15) is 11.7 Å². The summed E-state index contributed by atoms with van der Waals surface area (Å²) in [6.07, 6.45) is -1.46. The van der Waals surface area contributed by atoms with Crippen molar-refractivity contribution >= 4 is 18.7 Å². The van der Waals surface area contributed by atoms with E-state index < -0.39 is 19.3 Å². The monoisotopic (exact) mass is 223 g/mol. The standard InChI is InChI=1S/C9H10BNO5/c11-9(13)15-4-8-6-2-1-5(12)3-7(6)10(14)16-8/h1-3,8,12,14H,4H2,(H2,11,13). The molecule has 1 aromatic rings. The van der Waals surface area contributed by atoms with E-state index in [0.29, 0.717) is 11.0 Å². The van der Waals surface area contributed by atoms with E-state index in [1.54, 1.807) is 6.07 Å². The number of amides is 1. The lowest BCUT2D eigenvalue weighted by Gasteiger charge is -2.11. The van der Waals surface area contributed by atoms with Crippen molar-refractivity contribution in [1.29, 1.82) is 0 Å². The van der Waals surface area contributed by atoms with E-state index in [1.807, 2.05) is 0 Å². The number of primary amides is 1. The molecule has 0 saturated carbocycles. The zero-order chi connectivity index (χ0) is 11.7. The third-order valence-electron chi connectivity index (χ3n) is 2.35. The van der Waals surface area contributed by atoms with Crippen molar-refractivity contribution in [3.63, 3.8) is 0 Å². The molecule has 1 unspecified atom stereocenters. The number of benzene rings is 1. The van der Waals surface area contributed by atoms with Gasteiger partial charge in [0.2, 0.25) is 0 Å². The maximum atomic E-state index is 10.4. The minimum atomic E-state index is -1.12. The van der Waals surface area contributed by atoms with Gasteiger partial charge in [0.1, 0.15) is 18.5 Å². The minimum Gasteiger partial charge on any atom is -0.508 e. The number of hydrogen-bond donors (Lipinski definition) is 3. The molecule has 16 heavy (non-hydrogen) atoms. The highest BCUT2D eigenvalue weighted by molar-refractivity contribution is 6.61. The first kappa shape index (κ1) is 10.8. The number of phenols is 1. The highest BCUT2D eigenvalue weighted by atomic mass is 16.6. The Balaban J connectivity index is 2.19. The predicted molar refractivity (Wildman–Crippen MR) is 55.1 cm³/mol. The van der Waals surface area contributed by atoms with Crippen molar-refractivity contribution in [1.82, 2.24) is 0 Å². The third-order valence-corrected chi connectivity index (χ3v) is 2.35. The summed E-state index contributed by atoms with van der Waals surface area (Å²) >= 11 is 0. The largest absolute Gasteiger partial charge is 0.508 e. The van der Waals surface area contributed by atoms with Crippen LogP contribution in [-0.4, -0.2) is 29.9 Å². The first-order valence-electron chi connectivity index (χ1n) is 4.66. The van der Waals surface area contributed by atoms with Gasteiger partial charge in [0, 0.05) is 0 Å². The average Bonchev–Trinajstić information content (AvgIpc) is 2.53. The number of carbonyl (C=O) groups excluding carboxylic acids is 1. The molecule has 0 saturated heterocycles. The zero-order valence-corrected chi connectivity index (χ0v) is 8.29. The topological polar surface area (TPSA) is 102 Å². The van der Waals surface area contributed by atoms with Crippen LogP contribution in [0.3, 0.4) is 0 Å². The lowest BCUT2D eigenvalue weighted by atomic mass is 9.79. The number of aromatic hydroxyl groups is 1. The summed E-state index contributed by atoms with van der Waals surface area (Å²) in [5.74, 6) is 0.0397. The Morgan fingerprint density at radius 2 is 2.38 bits per heavy atom. The highest BCUT2D eigenvalue weighted by Crippen LogP contribution is 2.25. The normalized spacial score (nSPS) is 18.3. The van der Waals surface area contributed by atoms with Crippen LogP contribution < -0.4 is 11.2 Å². The molecule has 0 aliphatic carbocycles. The number of fused-ring (bicyclic) bond motifs is 1. The van der Waals surface area contributed by atoms with Crippen molar-refractivity contribution in [2.24, 2.45) is 5.73 Å². The molecule has 1 amide bonds. The number of ether oxygens (including phenoxy) is 1. The van der Waals surface area contributed by atoms with Crippen LogP contribution >= 0.6 is 0 Å². The summed E-state index contributed by atoms with van der Waals surface area (Å²) in [7, 11) is -1.12. The second-order valence-corrected chi connectivity index (χ2v) is 3.42. The smallest absolute Gasteiger partial charge is 0.492 e. The fraction of sp³-hybridized carbons (Fsp3) is 0.222. The summed E-state index contributed by atoms with van der Waals surface area (Å²) < 4.78 is 9.75. The molecule has 84 valence electrons. The first-order valence-corrected chi connectivity index (χ1v) is 4.66. The quantitative estimate of drug-likeness (QED) is 0.572. The maximum absolute atomic E-state index is 10.4. The summed E-state index contributed by atoms with van der Waals surface area (Å²) in [6.45, 7) is -0.0653. The van der Waals surface area contributed by atoms with Crippen molar-refractivity contribution in [2.75, 3.05) is 6.61 Å². The lowest BCUT2D eigenvalue weighted by Crippen LogP contribution is -2.27. The Morgan fingerprint density at radius 3 is 3.06 bits per heavy atom. The van der Waals surface area contributed by atoms with Crippen molar-refractivity contribution in [3.8, 4) is 5.75 Å². The maximum Gasteiger partial charge on any atom is 0.492 e. The second kappa shape index (κ2) is 4.03. The van der Waals surface area contributed by atoms with E-state index in [2.05, 4.69) is 4.74 Å². The van der Waals surface area contributed by atoms with E-state index in [4.69, 9.17) is 10.4 Å². The number of carbonyl (C=O) groups is 1. The fourth-order valence-corrected chi connectivity index (χ4v) is 1.66. The summed E-state index contributed by atoms with van der Waals surface area (Å²) in [5.41, 5.74) is 5.97. The van der Waals surface area contributed by atoms with E-state index in [1.165, 1.54) is 12.1 Å². The number of phenolic OH excluding ortho intramolecular Hbond substituents is 1. The minimum absolute atomic E-state index is 0.0397.